The topological polar surface area (TPSA) is 24.9 Å². The van der Waals surface area contributed by atoms with Crippen LogP contribution in [0.2, 0.25) is 0 Å². The van der Waals surface area contributed by atoms with Crippen molar-refractivity contribution in [3.8, 4) is 0 Å². The number of aryl methyl sites for hydroxylation is 1. The normalized spacial score (nSPS) is 19.6. The molecule has 0 saturated heterocycles. The summed E-state index contributed by atoms with van der Waals surface area (Å²) in [4.78, 5) is 4.47. The van der Waals surface area contributed by atoms with E-state index in [4.69, 9.17) is 0 Å². The monoisotopic (exact) mass is 190 g/mol. The SMILES string of the molecule is Cc1cccc(NC2(C)CCCC2)n1. The second kappa shape index (κ2) is 3.60. The first-order valence-corrected chi connectivity index (χ1v) is 5.40. The fourth-order valence-electron chi connectivity index (χ4n) is 2.20. The van der Waals surface area contributed by atoms with Crippen LogP contribution in [0.3, 0.4) is 0 Å². The Hall–Kier alpha value is -1.05. The maximum atomic E-state index is 4.47. The Kier molecular flexibility index (Phi) is 2.44. The fraction of sp³-hybridized carbons (Fsp3) is 0.583. The van der Waals surface area contributed by atoms with Crippen molar-refractivity contribution in [2.45, 2.75) is 45.1 Å². The molecule has 1 aromatic rings. The van der Waals surface area contributed by atoms with Crippen LogP contribution in [0.15, 0.2) is 18.2 Å². The lowest BCUT2D eigenvalue weighted by Crippen LogP contribution is -2.31. The highest BCUT2D eigenvalue weighted by Gasteiger charge is 2.28. The van der Waals surface area contributed by atoms with Gasteiger partial charge in [0.15, 0.2) is 0 Å². The van der Waals surface area contributed by atoms with Gasteiger partial charge in [-0.1, -0.05) is 18.9 Å². The van der Waals surface area contributed by atoms with E-state index in [-0.39, 0.29) is 5.54 Å². The van der Waals surface area contributed by atoms with Gasteiger partial charge in [0, 0.05) is 11.2 Å². The van der Waals surface area contributed by atoms with Crippen molar-refractivity contribution in [1.29, 1.82) is 0 Å². The third-order valence-corrected chi connectivity index (χ3v) is 3.03. The average Bonchev–Trinajstić information content (AvgIpc) is 2.51. The number of nitrogens with one attached hydrogen (secondary N) is 1. The molecule has 0 atom stereocenters. The molecule has 1 N–H and O–H groups in total. The van der Waals surface area contributed by atoms with Crippen LogP contribution >= 0.6 is 0 Å². The second-order valence-corrected chi connectivity index (χ2v) is 4.56. The van der Waals surface area contributed by atoms with Crippen molar-refractivity contribution in [3.63, 3.8) is 0 Å². The summed E-state index contributed by atoms with van der Waals surface area (Å²) >= 11 is 0. The second-order valence-electron chi connectivity index (χ2n) is 4.56. The molecule has 0 aromatic carbocycles. The molecule has 1 saturated carbocycles. The summed E-state index contributed by atoms with van der Waals surface area (Å²) in [5, 5.41) is 3.55. The van der Waals surface area contributed by atoms with E-state index < -0.39 is 0 Å². The Labute approximate surface area is 85.7 Å². The molecule has 0 aliphatic heterocycles. The van der Waals surface area contributed by atoms with Gasteiger partial charge in [0.25, 0.3) is 0 Å². The summed E-state index contributed by atoms with van der Waals surface area (Å²) in [6.45, 7) is 4.33. The molecule has 0 spiro atoms. The summed E-state index contributed by atoms with van der Waals surface area (Å²) in [5.41, 5.74) is 1.36. The lowest BCUT2D eigenvalue weighted by molar-refractivity contribution is 0.531. The standard InChI is InChI=1S/C12H18N2/c1-10-6-5-7-11(13-10)14-12(2)8-3-4-9-12/h5-7H,3-4,8-9H2,1-2H3,(H,13,14). The first kappa shape index (κ1) is 9.50. The zero-order valence-corrected chi connectivity index (χ0v) is 9.01. The van der Waals surface area contributed by atoms with Crippen molar-refractivity contribution in [3.05, 3.63) is 23.9 Å². The van der Waals surface area contributed by atoms with Gasteiger partial charge in [0.2, 0.25) is 0 Å². The van der Waals surface area contributed by atoms with E-state index in [9.17, 15) is 0 Å². The molecule has 0 bridgehead atoms. The quantitative estimate of drug-likeness (QED) is 0.775. The van der Waals surface area contributed by atoms with E-state index in [0.717, 1.165) is 11.5 Å². The fourth-order valence-corrected chi connectivity index (χ4v) is 2.20. The van der Waals surface area contributed by atoms with Gasteiger partial charge in [-0.3, -0.25) is 0 Å². The third kappa shape index (κ3) is 2.06. The van der Waals surface area contributed by atoms with E-state index >= 15 is 0 Å². The molecule has 76 valence electrons. The Bertz CT molecular complexity index is 314. The highest BCUT2D eigenvalue weighted by molar-refractivity contribution is 5.38. The predicted octanol–water partition coefficient (Wildman–Crippen LogP) is 3.13. The van der Waals surface area contributed by atoms with Crippen LogP contribution in [0.1, 0.15) is 38.3 Å². The van der Waals surface area contributed by atoms with Gasteiger partial charge in [-0.05, 0) is 38.8 Å². The number of hydrogen-bond donors (Lipinski definition) is 1. The molecule has 1 heterocycles. The summed E-state index contributed by atoms with van der Waals surface area (Å²) < 4.78 is 0. The molecule has 1 fully saturated rings. The van der Waals surface area contributed by atoms with Crippen LogP contribution in [0, 0.1) is 6.92 Å². The Morgan fingerprint density at radius 2 is 2.00 bits per heavy atom. The molecule has 1 aromatic heterocycles. The molecule has 2 rings (SSSR count). The number of hydrogen-bond acceptors (Lipinski definition) is 2. The molecular formula is C12H18N2. The predicted molar refractivity (Wildman–Crippen MR) is 59.5 cm³/mol. The van der Waals surface area contributed by atoms with E-state index in [1.807, 2.05) is 13.0 Å². The lowest BCUT2D eigenvalue weighted by atomic mass is 10.0. The maximum Gasteiger partial charge on any atom is 0.126 e. The Morgan fingerprint density at radius 1 is 1.29 bits per heavy atom. The zero-order chi connectivity index (χ0) is 10.0. The van der Waals surface area contributed by atoms with Crippen LogP contribution in [-0.4, -0.2) is 10.5 Å². The number of aromatic nitrogens is 1. The molecule has 1 aliphatic carbocycles. The van der Waals surface area contributed by atoms with Gasteiger partial charge in [-0.2, -0.15) is 0 Å². The van der Waals surface area contributed by atoms with E-state index in [1.165, 1.54) is 25.7 Å². The summed E-state index contributed by atoms with van der Waals surface area (Å²) in [6, 6.07) is 6.14. The van der Waals surface area contributed by atoms with Crippen molar-refractivity contribution < 1.29 is 0 Å². The minimum atomic E-state index is 0.279. The minimum Gasteiger partial charge on any atom is -0.365 e. The van der Waals surface area contributed by atoms with Crippen molar-refractivity contribution in [1.82, 2.24) is 4.98 Å². The lowest BCUT2D eigenvalue weighted by Gasteiger charge is -2.26. The summed E-state index contributed by atoms with van der Waals surface area (Å²) in [6.07, 6.45) is 5.22. The minimum absolute atomic E-state index is 0.279. The van der Waals surface area contributed by atoms with Crippen LogP contribution < -0.4 is 5.32 Å². The number of rotatable bonds is 2. The van der Waals surface area contributed by atoms with Crippen molar-refractivity contribution in [2.75, 3.05) is 5.32 Å². The molecule has 2 heteroatoms. The number of anilines is 1. The van der Waals surface area contributed by atoms with Crippen LogP contribution in [-0.2, 0) is 0 Å². The van der Waals surface area contributed by atoms with Crippen LogP contribution in [0.5, 0.6) is 0 Å². The van der Waals surface area contributed by atoms with Crippen LogP contribution in [0.25, 0.3) is 0 Å². The molecular weight excluding hydrogens is 172 g/mol. The van der Waals surface area contributed by atoms with Crippen molar-refractivity contribution in [2.24, 2.45) is 0 Å². The highest BCUT2D eigenvalue weighted by Crippen LogP contribution is 2.31. The Balaban J connectivity index is 2.10. The Morgan fingerprint density at radius 3 is 2.64 bits per heavy atom. The maximum absolute atomic E-state index is 4.47. The first-order valence-electron chi connectivity index (χ1n) is 5.40. The average molecular weight is 190 g/mol. The van der Waals surface area contributed by atoms with Gasteiger partial charge in [-0.25, -0.2) is 4.98 Å². The van der Waals surface area contributed by atoms with Gasteiger partial charge >= 0.3 is 0 Å². The number of nitrogens with zero attached hydrogens (tertiary/aromatic N) is 1. The van der Waals surface area contributed by atoms with E-state index in [2.05, 4.69) is 29.4 Å². The third-order valence-electron chi connectivity index (χ3n) is 3.03. The number of pyridine rings is 1. The van der Waals surface area contributed by atoms with Crippen LogP contribution in [0.4, 0.5) is 5.82 Å². The van der Waals surface area contributed by atoms with Gasteiger partial charge in [0.05, 0.1) is 0 Å². The highest BCUT2D eigenvalue weighted by atomic mass is 15.1. The zero-order valence-electron chi connectivity index (χ0n) is 9.01. The van der Waals surface area contributed by atoms with Crippen molar-refractivity contribution >= 4 is 5.82 Å². The molecule has 0 amide bonds. The first-order chi connectivity index (χ1) is 6.68. The molecule has 0 radical (unpaired) electrons. The summed E-state index contributed by atoms with van der Waals surface area (Å²) in [7, 11) is 0. The molecule has 0 unspecified atom stereocenters. The van der Waals surface area contributed by atoms with E-state index in [1.54, 1.807) is 0 Å². The van der Waals surface area contributed by atoms with Gasteiger partial charge in [-0.15, -0.1) is 0 Å². The summed E-state index contributed by atoms with van der Waals surface area (Å²) in [5.74, 6) is 1.02. The molecule has 1 aliphatic rings. The molecule has 2 nitrogen and oxygen atoms in total. The van der Waals surface area contributed by atoms with Gasteiger partial charge in [0.1, 0.15) is 5.82 Å². The largest absolute Gasteiger partial charge is 0.365 e. The van der Waals surface area contributed by atoms with Gasteiger partial charge < -0.3 is 5.32 Å². The van der Waals surface area contributed by atoms with E-state index in [0.29, 0.717) is 0 Å². The molecule has 14 heavy (non-hydrogen) atoms. The smallest absolute Gasteiger partial charge is 0.126 e.